The predicted octanol–water partition coefficient (Wildman–Crippen LogP) is -0.126. The molecule has 1 aliphatic carbocycles. The van der Waals surface area contributed by atoms with Crippen molar-refractivity contribution in [3.63, 3.8) is 0 Å². The molecule has 0 bridgehead atoms. The zero-order valence-electron chi connectivity index (χ0n) is 15.9. The molecular formula is C21H27Cl2NTi. The van der Waals surface area contributed by atoms with Gasteiger partial charge in [-0.15, -0.1) is 35.2 Å². The second-order valence-corrected chi connectivity index (χ2v) is 7.86. The molecule has 0 atom stereocenters. The van der Waals surface area contributed by atoms with E-state index in [0.29, 0.717) is 0 Å². The van der Waals surface area contributed by atoms with Crippen molar-refractivity contribution in [3.8, 4) is 0 Å². The quantitative estimate of drug-likeness (QED) is 0.459. The summed E-state index contributed by atoms with van der Waals surface area (Å²) >= 11 is 0. The molecule has 0 radical (unpaired) electrons. The van der Waals surface area contributed by atoms with Crippen LogP contribution in [-0.2, 0) is 32.5 Å². The van der Waals surface area contributed by atoms with Crippen molar-refractivity contribution < 1.29 is 46.5 Å². The van der Waals surface area contributed by atoms with Crippen LogP contribution in [-0.4, -0.2) is 4.98 Å². The fraction of sp³-hybridized carbons (Fsp3) is 0.429. The first-order chi connectivity index (χ1) is 10.2. The number of hydrogen-bond acceptors (Lipinski definition) is 0. The van der Waals surface area contributed by atoms with Gasteiger partial charge in [0.25, 0.3) is 0 Å². The van der Waals surface area contributed by atoms with Gasteiger partial charge < -0.3 is 29.8 Å². The second kappa shape index (κ2) is 10.6. The zero-order chi connectivity index (χ0) is 16.4. The molecule has 1 aromatic heterocycles. The Hall–Kier alpha value is -0.466. The van der Waals surface area contributed by atoms with Gasteiger partial charge >= 0.3 is 21.7 Å². The van der Waals surface area contributed by atoms with Crippen molar-refractivity contribution in [3.05, 3.63) is 59.8 Å². The third-order valence-corrected chi connectivity index (χ3v) is 3.78. The summed E-state index contributed by atoms with van der Waals surface area (Å²) in [4.78, 5) is 3.28. The van der Waals surface area contributed by atoms with E-state index in [9.17, 15) is 0 Å². The number of nitrogens with one attached hydrogen (secondary N) is 1. The molecule has 3 rings (SSSR count). The van der Waals surface area contributed by atoms with Crippen LogP contribution in [0.25, 0.3) is 10.9 Å². The summed E-state index contributed by atoms with van der Waals surface area (Å²) in [6, 6.07) is 6.50. The van der Waals surface area contributed by atoms with E-state index in [1.807, 2.05) is 12.2 Å². The van der Waals surface area contributed by atoms with Crippen LogP contribution in [0.1, 0.15) is 59.1 Å². The van der Waals surface area contributed by atoms with Crippen molar-refractivity contribution in [1.29, 1.82) is 0 Å². The van der Waals surface area contributed by atoms with E-state index in [0.717, 1.165) is 6.42 Å². The van der Waals surface area contributed by atoms with Gasteiger partial charge in [-0.25, -0.2) is 12.2 Å². The van der Waals surface area contributed by atoms with Crippen LogP contribution < -0.4 is 24.8 Å². The molecule has 0 fully saturated rings. The maximum Gasteiger partial charge on any atom is 4.00 e. The third-order valence-electron chi connectivity index (χ3n) is 3.78. The Labute approximate surface area is 180 Å². The van der Waals surface area contributed by atoms with E-state index in [1.165, 1.54) is 22.0 Å². The molecule has 0 saturated carbocycles. The van der Waals surface area contributed by atoms with E-state index in [2.05, 4.69) is 83.1 Å². The Morgan fingerprint density at radius 1 is 0.960 bits per heavy atom. The predicted molar refractivity (Wildman–Crippen MR) is 96.1 cm³/mol. The van der Waals surface area contributed by atoms with Gasteiger partial charge in [-0.05, 0) is 10.8 Å². The van der Waals surface area contributed by atoms with Crippen LogP contribution in [0.3, 0.4) is 0 Å². The smallest absolute Gasteiger partial charge is 1.00 e. The summed E-state index contributed by atoms with van der Waals surface area (Å²) in [5.41, 5.74) is 4.17. The van der Waals surface area contributed by atoms with E-state index in [-0.39, 0.29) is 57.4 Å². The molecule has 1 nitrogen and oxygen atoms in total. The molecule has 4 heteroatoms. The number of aromatic nitrogens is 1. The number of H-pyrrole nitrogens is 1. The second-order valence-electron chi connectivity index (χ2n) is 7.86. The minimum atomic E-state index is 0. The molecular weight excluding hydrogens is 385 g/mol. The molecule has 2 aromatic rings. The monoisotopic (exact) mass is 411 g/mol. The Morgan fingerprint density at radius 2 is 1.60 bits per heavy atom. The van der Waals surface area contributed by atoms with Crippen molar-refractivity contribution >= 4 is 10.9 Å². The topological polar surface area (TPSA) is 15.8 Å². The summed E-state index contributed by atoms with van der Waals surface area (Å²) < 4.78 is 0. The normalized spacial score (nSPS) is 12.6. The first-order valence-electron chi connectivity index (χ1n) is 7.96. The van der Waals surface area contributed by atoms with Gasteiger partial charge in [-0.1, -0.05) is 59.2 Å². The van der Waals surface area contributed by atoms with Gasteiger partial charge in [0.2, 0.25) is 0 Å². The summed E-state index contributed by atoms with van der Waals surface area (Å²) in [7, 11) is 0. The zero-order valence-corrected chi connectivity index (χ0v) is 19.0. The van der Waals surface area contributed by atoms with Gasteiger partial charge in [0.1, 0.15) is 0 Å². The molecule has 25 heavy (non-hydrogen) atoms. The first-order valence-corrected chi connectivity index (χ1v) is 7.96. The van der Waals surface area contributed by atoms with Crippen LogP contribution in [0, 0.1) is 12.3 Å². The van der Waals surface area contributed by atoms with Crippen LogP contribution in [0.2, 0.25) is 0 Å². The van der Waals surface area contributed by atoms with Crippen LogP contribution in [0.4, 0.5) is 0 Å². The minimum Gasteiger partial charge on any atom is -1.00 e. The third kappa shape index (κ3) is 6.98. The number of halogens is 2. The summed E-state index contributed by atoms with van der Waals surface area (Å²) in [6.45, 7) is 13.5. The fourth-order valence-corrected chi connectivity index (χ4v) is 2.65. The molecule has 1 aliphatic rings. The molecule has 0 aliphatic heterocycles. The Bertz CT molecular complexity index is 691. The molecule has 0 amide bonds. The number of benzene rings is 1. The summed E-state index contributed by atoms with van der Waals surface area (Å²) in [6.07, 6.45) is 13.3. The standard InChI is InChI=1S/C16H22N.C5H5.2ClH.Ti/c1-15(2,3)11-8-7-9-13-14(11)12(10-17-13)16(4,5)6;1-2-4-5-3-1;;;/h7-9,17H,1-6H3;1-3H,4H2;2*1H;/q2*-1;;;+4/p-2. The van der Waals surface area contributed by atoms with Gasteiger partial charge in [0, 0.05) is 0 Å². The van der Waals surface area contributed by atoms with E-state index >= 15 is 0 Å². The van der Waals surface area contributed by atoms with Crippen molar-refractivity contribution in [1.82, 2.24) is 4.98 Å². The number of rotatable bonds is 0. The van der Waals surface area contributed by atoms with Gasteiger partial charge in [0.05, 0.1) is 0 Å². The average Bonchev–Trinajstić information content (AvgIpc) is 3.09. The number of aromatic amines is 1. The molecule has 0 spiro atoms. The maximum absolute atomic E-state index is 3.34. The fourth-order valence-electron chi connectivity index (χ4n) is 2.65. The molecule has 0 saturated heterocycles. The minimum absolute atomic E-state index is 0. The van der Waals surface area contributed by atoms with Crippen molar-refractivity contribution in [2.45, 2.75) is 58.8 Å². The maximum atomic E-state index is 3.34. The van der Waals surface area contributed by atoms with E-state index in [1.54, 1.807) is 0 Å². The summed E-state index contributed by atoms with van der Waals surface area (Å²) in [5.74, 6) is 0. The first kappa shape index (κ1) is 26.8. The van der Waals surface area contributed by atoms with Gasteiger partial charge in [0.15, 0.2) is 0 Å². The Kier molecular flexibility index (Phi) is 11.4. The van der Waals surface area contributed by atoms with Crippen molar-refractivity contribution in [2.75, 3.05) is 0 Å². The van der Waals surface area contributed by atoms with E-state index < -0.39 is 0 Å². The van der Waals surface area contributed by atoms with Crippen LogP contribution >= 0.6 is 0 Å². The van der Waals surface area contributed by atoms with Gasteiger partial charge in [-0.3, -0.25) is 6.08 Å². The summed E-state index contributed by atoms with van der Waals surface area (Å²) in [5, 5.41) is 1.35. The van der Waals surface area contributed by atoms with Crippen LogP contribution in [0.5, 0.6) is 0 Å². The molecule has 0 unspecified atom stereocenters. The SMILES string of the molecule is CC(C)(C)c1[c-][nH]c2cccc(C(C)(C)C)c12.[C-]1=CC=CC1.[Cl-].[Cl-].[Ti+4]. The van der Waals surface area contributed by atoms with E-state index in [4.69, 9.17) is 0 Å². The molecule has 1 aromatic carbocycles. The average molecular weight is 412 g/mol. The van der Waals surface area contributed by atoms with Crippen LogP contribution in [0.15, 0.2) is 36.4 Å². The van der Waals surface area contributed by atoms with Gasteiger partial charge in [-0.2, -0.15) is 6.08 Å². The Morgan fingerprint density at radius 3 is 2.00 bits per heavy atom. The number of allylic oxidation sites excluding steroid dienone is 4. The number of hydrogen-bond donors (Lipinski definition) is 1. The number of fused-ring (bicyclic) bond motifs is 1. The molecule has 1 N–H and O–H groups in total. The van der Waals surface area contributed by atoms with Crippen molar-refractivity contribution in [2.24, 2.45) is 0 Å². The molecule has 134 valence electrons. The largest absolute Gasteiger partial charge is 4.00 e. The molecule has 1 heterocycles. The Balaban J connectivity index is 0.